The number of anilines is 1. The van der Waals surface area contributed by atoms with Crippen LogP contribution in [0.3, 0.4) is 0 Å². The number of fused-ring (bicyclic) bond motifs is 1. The van der Waals surface area contributed by atoms with Gasteiger partial charge in [-0.3, -0.25) is 0 Å². The molecule has 4 heteroatoms. The average Bonchev–Trinajstić information content (AvgIpc) is 2.60. The lowest BCUT2D eigenvalue weighted by Gasteiger charge is -2.25. The molecule has 3 aromatic rings. The van der Waals surface area contributed by atoms with E-state index in [9.17, 15) is 0 Å². The monoisotopic (exact) mass is 347 g/mol. The highest BCUT2D eigenvalue weighted by Crippen LogP contribution is 2.31. The number of aromatic nitrogens is 1. The van der Waals surface area contributed by atoms with E-state index in [1.165, 1.54) is 19.3 Å². The number of rotatable bonds is 5. The van der Waals surface area contributed by atoms with E-state index in [4.69, 9.17) is 16.2 Å². The Bertz CT molecular complexity index is 948. The number of benzene rings is 2. The minimum absolute atomic E-state index is 0.464. The molecule has 0 aliphatic heterocycles. The van der Waals surface area contributed by atoms with Crippen LogP contribution in [-0.4, -0.2) is 11.6 Å². The van der Waals surface area contributed by atoms with Crippen LogP contribution in [0, 0.1) is 12.8 Å². The largest absolute Gasteiger partial charge is 0.493 e. The summed E-state index contributed by atoms with van der Waals surface area (Å²) in [6.45, 7) is 3.32. The van der Waals surface area contributed by atoms with Gasteiger partial charge in [-0.15, -0.1) is 0 Å². The molecule has 1 aliphatic rings. The van der Waals surface area contributed by atoms with Gasteiger partial charge in [-0.2, -0.15) is 0 Å². The summed E-state index contributed by atoms with van der Waals surface area (Å²) >= 11 is 0. The summed E-state index contributed by atoms with van der Waals surface area (Å²) in [7, 11) is 0. The molecule has 0 bridgehead atoms. The van der Waals surface area contributed by atoms with Crippen molar-refractivity contribution in [3.05, 3.63) is 53.6 Å². The number of ether oxygens (including phenoxy) is 1. The van der Waals surface area contributed by atoms with Crippen molar-refractivity contribution in [3.63, 3.8) is 0 Å². The van der Waals surface area contributed by atoms with E-state index in [1.807, 2.05) is 12.1 Å². The average molecular weight is 347 g/mol. The molecule has 0 radical (unpaired) electrons. The lowest BCUT2D eigenvalue weighted by atomic mass is 9.86. The van der Waals surface area contributed by atoms with Gasteiger partial charge in [-0.05, 0) is 66.6 Å². The van der Waals surface area contributed by atoms with Gasteiger partial charge >= 0.3 is 0 Å². The van der Waals surface area contributed by atoms with Crippen LogP contribution in [-0.2, 0) is 6.54 Å². The highest BCUT2D eigenvalue weighted by molar-refractivity contribution is 5.88. The third-order valence-corrected chi connectivity index (χ3v) is 5.35. The summed E-state index contributed by atoms with van der Waals surface area (Å²) in [6, 6.07) is 14.5. The molecule has 1 heterocycles. The molecule has 1 saturated carbocycles. The molecule has 0 atom stereocenters. The van der Waals surface area contributed by atoms with E-state index in [0.29, 0.717) is 18.3 Å². The van der Waals surface area contributed by atoms with Crippen molar-refractivity contribution >= 4 is 16.7 Å². The van der Waals surface area contributed by atoms with Crippen LogP contribution < -0.4 is 16.2 Å². The Morgan fingerprint density at radius 1 is 1.08 bits per heavy atom. The Morgan fingerprint density at radius 2 is 1.85 bits per heavy atom. The maximum Gasteiger partial charge on any atom is 0.124 e. The van der Waals surface area contributed by atoms with Crippen molar-refractivity contribution in [3.8, 4) is 16.9 Å². The maximum absolute atomic E-state index is 6.02. The molecule has 2 aromatic carbocycles. The van der Waals surface area contributed by atoms with Crippen LogP contribution in [0.4, 0.5) is 5.82 Å². The molecule has 0 unspecified atom stereocenters. The van der Waals surface area contributed by atoms with Crippen molar-refractivity contribution in [1.29, 1.82) is 0 Å². The quantitative estimate of drug-likeness (QED) is 0.716. The molecule has 4 nitrogen and oxygen atoms in total. The molecule has 4 N–H and O–H groups in total. The lowest BCUT2D eigenvalue weighted by molar-refractivity contribution is 0.179. The van der Waals surface area contributed by atoms with E-state index in [-0.39, 0.29) is 0 Å². The summed E-state index contributed by atoms with van der Waals surface area (Å²) in [5.41, 5.74) is 17.2. The van der Waals surface area contributed by atoms with Crippen molar-refractivity contribution in [2.24, 2.45) is 11.7 Å². The third-order valence-electron chi connectivity index (χ3n) is 5.35. The second-order valence-corrected chi connectivity index (χ2v) is 7.23. The van der Waals surface area contributed by atoms with Gasteiger partial charge in [0.2, 0.25) is 0 Å². The van der Waals surface area contributed by atoms with Crippen LogP contribution in [0.1, 0.15) is 30.4 Å². The van der Waals surface area contributed by atoms with Crippen LogP contribution in [0.2, 0.25) is 0 Å². The molecule has 1 aromatic heterocycles. The number of hydrogen-bond donors (Lipinski definition) is 2. The third kappa shape index (κ3) is 3.25. The predicted octanol–water partition coefficient (Wildman–Crippen LogP) is 4.43. The first-order valence-corrected chi connectivity index (χ1v) is 9.27. The van der Waals surface area contributed by atoms with Crippen molar-refractivity contribution in [1.82, 2.24) is 4.98 Å². The Balaban J connectivity index is 1.65. The Labute approximate surface area is 154 Å². The first-order valence-electron chi connectivity index (χ1n) is 9.27. The number of nitrogens with zero attached hydrogens (tertiary/aromatic N) is 1. The van der Waals surface area contributed by atoms with Crippen LogP contribution in [0.5, 0.6) is 5.75 Å². The molecule has 0 amide bonds. The second-order valence-electron chi connectivity index (χ2n) is 7.23. The van der Waals surface area contributed by atoms with Crippen molar-refractivity contribution in [2.75, 3.05) is 12.3 Å². The smallest absolute Gasteiger partial charge is 0.124 e. The minimum Gasteiger partial charge on any atom is -0.493 e. The van der Waals surface area contributed by atoms with E-state index in [0.717, 1.165) is 45.5 Å². The van der Waals surface area contributed by atoms with Gasteiger partial charge in [-0.25, -0.2) is 4.98 Å². The molecule has 26 heavy (non-hydrogen) atoms. The van der Waals surface area contributed by atoms with Crippen LogP contribution >= 0.6 is 0 Å². The molecule has 4 rings (SSSR count). The fourth-order valence-corrected chi connectivity index (χ4v) is 3.53. The zero-order chi connectivity index (χ0) is 18.1. The first-order chi connectivity index (χ1) is 12.6. The number of nitrogen functional groups attached to an aromatic ring is 1. The fourth-order valence-electron chi connectivity index (χ4n) is 3.53. The van der Waals surface area contributed by atoms with Gasteiger partial charge in [0.05, 0.1) is 12.1 Å². The number of hydrogen-bond acceptors (Lipinski definition) is 4. The summed E-state index contributed by atoms with van der Waals surface area (Å²) in [5, 5.41) is 1.13. The molecule has 0 spiro atoms. The Hall–Kier alpha value is -2.59. The minimum atomic E-state index is 0.464. The zero-order valence-corrected chi connectivity index (χ0v) is 15.2. The van der Waals surface area contributed by atoms with E-state index < -0.39 is 0 Å². The number of aryl methyl sites for hydroxylation is 1. The topological polar surface area (TPSA) is 74.2 Å². The molecule has 1 fully saturated rings. The normalized spacial score (nSPS) is 14.4. The SMILES string of the molecule is Cc1cc(N)nc2cc(-c3ccc(OCC4CCC4)c(CN)c3)ccc12. The molecule has 1 aliphatic carbocycles. The fraction of sp³-hybridized carbons (Fsp3) is 0.318. The van der Waals surface area contributed by atoms with Crippen LogP contribution in [0.25, 0.3) is 22.0 Å². The summed E-state index contributed by atoms with van der Waals surface area (Å²) in [5.74, 6) is 2.16. The van der Waals surface area contributed by atoms with E-state index in [2.05, 4.69) is 42.2 Å². The van der Waals surface area contributed by atoms with Crippen molar-refractivity contribution in [2.45, 2.75) is 32.7 Å². The van der Waals surface area contributed by atoms with Gasteiger partial charge in [0.25, 0.3) is 0 Å². The Morgan fingerprint density at radius 3 is 2.58 bits per heavy atom. The van der Waals surface area contributed by atoms with Crippen molar-refractivity contribution < 1.29 is 4.74 Å². The number of nitrogens with two attached hydrogens (primary N) is 2. The standard InChI is InChI=1S/C22H25N3O/c1-14-9-22(24)25-20-11-17(5-7-19(14)20)16-6-8-21(18(10-16)12-23)26-13-15-3-2-4-15/h5-11,15H,2-4,12-13,23H2,1H3,(H2,24,25). The molecule has 134 valence electrons. The van der Waals surface area contributed by atoms with Gasteiger partial charge < -0.3 is 16.2 Å². The zero-order valence-electron chi connectivity index (χ0n) is 15.2. The van der Waals surface area contributed by atoms with Crippen LogP contribution in [0.15, 0.2) is 42.5 Å². The maximum atomic E-state index is 6.02. The summed E-state index contributed by atoms with van der Waals surface area (Å²) < 4.78 is 6.02. The molecular weight excluding hydrogens is 322 g/mol. The van der Waals surface area contributed by atoms with Gasteiger partial charge in [0.1, 0.15) is 11.6 Å². The van der Waals surface area contributed by atoms with E-state index in [1.54, 1.807) is 0 Å². The summed E-state index contributed by atoms with van der Waals surface area (Å²) in [4.78, 5) is 4.48. The van der Waals surface area contributed by atoms with E-state index >= 15 is 0 Å². The van der Waals surface area contributed by atoms with Gasteiger partial charge in [0.15, 0.2) is 0 Å². The molecular formula is C22H25N3O. The summed E-state index contributed by atoms with van der Waals surface area (Å²) in [6.07, 6.45) is 3.89. The predicted molar refractivity (Wildman–Crippen MR) is 107 cm³/mol. The molecule has 0 saturated heterocycles. The highest BCUT2D eigenvalue weighted by Gasteiger charge is 2.18. The first kappa shape index (κ1) is 16.9. The second kappa shape index (κ2) is 6.96. The number of pyridine rings is 1. The Kier molecular flexibility index (Phi) is 4.51. The van der Waals surface area contributed by atoms with Gasteiger partial charge in [-0.1, -0.05) is 24.6 Å². The van der Waals surface area contributed by atoms with Gasteiger partial charge in [0, 0.05) is 17.5 Å². The highest BCUT2D eigenvalue weighted by atomic mass is 16.5. The lowest BCUT2D eigenvalue weighted by Crippen LogP contribution is -2.19.